The Labute approximate surface area is 170 Å². The molecular weight excluding hydrogens is 370 g/mol. The Morgan fingerprint density at radius 1 is 1.19 bits per heavy atom. The van der Waals surface area contributed by atoms with E-state index in [0.29, 0.717) is 5.92 Å². The van der Waals surface area contributed by atoms with Gasteiger partial charge in [0, 0.05) is 12.6 Å². The van der Waals surface area contributed by atoms with Crippen molar-refractivity contribution in [2.24, 2.45) is 5.92 Å². The van der Waals surface area contributed by atoms with Crippen LogP contribution in [0.1, 0.15) is 71.2 Å². The number of hydrogen-bond donors (Lipinski definition) is 1. The SMILES string of the molecule is C[C@@H](N[S@](=O)C(C)(C)C)c1cccc2c1CC(CO[Si](C)(C)C(C)(C)C)C2. The zero-order valence-corrected chi connectivity index (χ0v) is 20.5. The third-order valence-electron chi connectivity index (χ3n) is 6.10. The molecule has 0 saturated carbocycles. The van der Waals surface area contributed by atoms with Crippen LogP contribution in [0.3, 0.4) is 0 Å². The van der Waals surface area contributed by atoms with E-state index in [4.69, 9.17) is 4.43 Å². The van der Waals surface area contributed by atoms with Crippen molar-refractivity contribution in [2.75, 3.05) is 6.61 Å². The van der Waals surface area contributed by atoms with Crippen LogP contribution < -0.4 is 4.72 Å². The monoisotopic (exact) mass is 409 g/mol. The molecule has 1 aromatic rings. The molecule has 0 saturated heterocycles. The molecule has 2 rings (SSSR count). The summed E-state index contributed by atoms with van der Waals surface area (Å²) in [6.07, 6.45) is 2.15. The zero-order chi connectivity index (χ0) is 20.6. The summed E-state index contributed by atoms with van der Waals surface area (Å²) in [5.41, 5.74) is 4.17. The molecule has 1 aromatic carbocycles. The van der Waals surface area contributed by atoms with E-state index in [-0.39, 0.29) is 15.8 Å². The van der Waals surface area contributed by atoms with E-state index in [9.17, 15) is 4.21 Å². The van der Waals surface area contributed by atoms with Crippen LogP contribution in [-0.4, -0.2) is 23.9 Å². The smallest absolute Gasteiger partial charge is 0.191 e. The number of hydrogen-bond acceptors (Lipinski definition) is 2. The fourth-order valence-electron chi connectivity index (χ4n) is 3.23. The number of rotatable bonds is 6. The van der Waals surface area contributed by atoms with Crippen LogP contribution in [-0.2, 0) is 28.3 Å². The lowest BCUT2D eigenvalue weighted by Gasteiger charge is -2.37. The lowest BCUT2D eigenvalue weighted by molar-refractivity contribution is 0.232. The van der Waals surface area contributed by atoms with E-state index in [0.717, 1.165) is 19.4 Å². The predicted octanol–water partition coefficient (Wildman–Crippen LogP) is 5.54. The van der Waals surface area contributed by atoms with Gasteiger partial charge in [0.05, 0.1) is 15.7 Å². The van der Waals surface area contributed by atoms with Crippen LogP contribution in [0.2, 0.25) is 18.1 Å². The van der Waals surface area contributed by atoms with Crippen LogP contribution in [0.4, 0.5) is 0 Å². The van der Waals surface area contributed by atoms with E-state index in [1.165, 1.54) is 16.7 Å². The minimum Gasteiger partial charge on any atom is -0.417 e. The van der Waals surface area contributed by atoms with Crippen molar-refractivity contribution in [3.63, 3.8) is 0 Å². The Balaban J connectivity index is 2.07. The van der Waals surface area contributed by atoms with E-state index in [2.05, 4.69) is 63.7 Å². The molecule has 3 atom stereocenters. The van der Waals surface area contributed by atoms with Crippen LogP contribution in [0, 0.1) is 5.92 Å². The second-order valence-corrected chi connectivity index (χ2v) is 17.4. The third kappa shape index (κ3) is 5.53. The quantitative estimate of drug-likeness (QED) is 0.627. The van der Waals surface area contributed by atoms with Gasteiger partial charge in [-0.25, -0.2) is 8.93 Å². The molecule has 0 aliphatic heterocycles. The first-order chi connectivity index (χ1) is 12.2. The summed E-state index contributed by atoms with van der Waals surface area (Å²) >= 11 is 0. The summed E-state index contributed by atoms with van der Waals surface area (Å²) in [6, 6.07) is 6.66. The van der Waals surface area contributed by atoms with Crippen LogP contribution in [0.5, 0.6) is 0 Å². The molecule has 0 radical (unpaired) electrons. The minimum atomic E-state index is -1.71. The maximum absolute atomic E-state index is 12.5. The summed E-state index contributed by atoms with van der Waals surface area (Å²) in [4.78, 5) is 0. The molecule has 5 heteroatoms. The number of benzene rings is 1. The van der Waals surface area contributed by atoms with Crippen LogP contribution in [0.15, 0.2) is 18.2 Å². The van der Waals surface area contributed by atoms with E-state index < -0.39 is 19.3 Å². The molecule has 1 unspecified atom stereocenters. The van der Waals surface area contributed by atoms with E-state index in [1.54, 1.807) is 0 Å². The molecule has 0 spiro atoms. The van der Waals surface area contributed by atoms with Crippen molar-refractivity contribution in [1.82, 2.24) is 4.72 Å². The van der Waals surface area contributed by atoms with Gasteiger partial charge in [0.25, 0.3) is 0 Å². The standard InChI is InChI=1S/C22H39NO2SSi/c1-16(23-26(24)21(2,3)4)19-12-10-11-18-13-17(14-20(18)19)15-25-27(8,9)22(5,6)7/h10-12,16-17,23H,13-15H2,1-9H3/t16-,17?,26-/m1/s1. The van der Waals surface area contributed by atoms with Gasteiger partial charge in [-0.15, -0.1) is 0 Å². The Morgan fingerprint density at radius 3 is 2.37 bits per heavy atom. The number of fused-ring (bicyclic) bond motifs is 1. The Kier molecular flexibility index (Phi) is 6.83. The molecule has 0 bridgehead atoms. The Bertz CT molecular complexity index is 689. The molecule has 1 N–H and O–H groups in total. The Hall–Kier alpha value is -0.493. The average Bonchev–Trinajstić information content (AvgIpc) is 2.93. The summed E-state index contributed by atoms with van der Waals surface area (Å²) in [6.45, 7) is 20.5. The second kappa shape index (κ2) is 8.09. The Morgan fingerprint density at radius 2 is 1.81 bits per heavy atom. The van der Waals surface area contributed by atoms with Gasteiger partial charge in [0.1, 0.15) is 0 Å². The van der Waals surface area contributed by atoms with Gasteiger partial charge in [0.15, 0.2) is 8.32 Å². The van der Waals surface area contributed by atoms with E-state index >= 15 is 0 Å². The highest BCUT2D eigenvalue weighted by Gasteiger charge is 2.38. The lowest BCUT2D eigenvalue weighted by atomic mass is 9.98. The summed E-state index contributed by atoms with van der Waals surface area (Å²) in [5, 5.41) is 0.249. The van der Waals surface area contributed by atoms with Crippen molar-refractivity contribution in [3.8, 4) is 0 Å². The topological polar surface area (TPSA) is 38.3 Å². The van der Waals surface area contributed by atoms with Gasteiger partial charge >= 0.3 is 0 Å². The lowest BCUT2D eigenvalue weighted by Crippen LogP contribution is -2.42. The largest absolute Gasteiger partial charge is 0.417 e. The maximum atomic E-state index is 12.5. The normalized spacial score (nSPS) is 20.4. The highest BCUT2D eigenvalue weighted by molar-refractivity contribution is 7.84. The van der Waals surface area contributed by atoms with Crippen molar-refractivity contribution >= 4 is 19.3 Å². The maximum Gasteiger partial charge on any atom is 0.191 e. The summed E-state index contributed by atoms with van der Waals surface area (Å²) < 4.78 is 22.0. The van der Waals surface area contributed by atoms with Crippen molar-refractivity contribution in [1.29, 1.82) is 0 Å². The molecule has 27 heavy (non-hydrogen) atoms. The minimum absolute atomic E-state index is 0.0834. The first kappa shape index (κ1) is 22.8. The third-order valence-corrected chi connectivity index (χ3v) is 12.3. The van der Waals surface area contributed by atoms with Gasteiger partial charge in [0.2, 0.25) is 0 Å². The van der Waals surface area contributed by atoms with Crippen LogP contribution >= 0.6 is 0 Å². The van der Waals surface area contributed by atoms with Gasteiger partial charge in [-0.2, -0.15) is 0 Å². The first-order valence-corrected chi connectivity index (χ1v) is 14.2. The molecule has 1 aliphatic carbocycles. The molecule has 154 valence electrons. The van der Waals surface area contributed by atoms with Crippen molar-refractivity contribution in [2.45, 2.75) is 90.2 Å². The molecular formula is C22H39NO2SSi. The highest BCUT2D eigenvalue weighted by atomic mass is 32.2. The first-order valence-electron chi connectivity index (χ1n) is 10.1. The number of nitrogens with one attached hydrogen (secondary N) is 1. The van der Waals surface area contributed by atoms with Gasteiger partial charge < -0.3 is 4.43 Å². The fraction of sp³-hybridized carbons (Fsp3) is 0.727. The van der Waals surface area contributed by atoms with Gasteiger partial charge in [-0.05, 0) is 81.3 Å². The summed E-state index contributed by atoms with van der Waals surface area (Å²) in [5.74, 6) is 0.551. The molecule has 0 amide bonds. The molecule has 1 aliphatic rings. The van der Waals surface area contributed by atoms with Gasteiger partial charge in [-0.1, -0.05) is 39.0 Å². The van der Waals surface area contributed by atoms with Crippen LogP contribution in [0.25, 0.3) is 0 Å². The van der Waals surface area contributed by atoms with Gasteiger partial charge in [-0.3, -0.25) is 0 Å². The fourth-order valence-corrected chi connectivity index (χ4v) is 5.12. The zero-order valence-electron chi connectivity index (χ0n) is 18.7. The molecule has 0 fully saturated rings. The van der Waals surface area contributed by atoms with Crippen molar-refractivity contribution < 1.29 is 8.63 Å². The second-order valence-electron chi connectivity index (χ2n) is 10.6. The van der Waals surface area contributed by atoms with E-state index in [1.807, 2.05) is 20.8 Å². The molecule has 0 heterocycles. The highest BCUT2D eigenvalue weighted by Crippen LogP contribution is 2.38. The average molecular weight is 410 g/mol. The summed E-state index contributed by atoms with van der Waals surface area (Å²) in [7, 11) is -2.77. The van der Waals surface area contributed by atoms with Crippen molar-refractivity contribution in [3.05, 3.63) is 34.9 Å². The molecule has 3 nitrogen and oxygen atoms in total. The molecule has 0 aromatic heterocycles. The predicted molar refractivity (Wildman–Crippen MR) is 120 cm³/mol.